The number of carbonyl (C=O) groups is 5. The summed E-state index contributed by atoms with van der Waals surface area (Å²) in [7, 11) is 0. The Morgan fingerprint density at radius 3 is 0.965 bits per heavy atom. The van der Waals surface area contributed by atoms with Crippen LogP contribution in [0.4, 0.5) is 0 Å². The van der Waals surface area contributed by atoms with Crippen LogP contribution in [0.15, 0.2) is 0 Å². The van der Waals surface area contributed by atoms with Gasteiger partial charge in [-0.25, -0.2) is 4.79 Å². The minimum atomic E-state index is -2.69. The van der Waals surface area contributed by atoms with Crippen molar-refractivity contribution >= 4 is 29.6 Å². The van der Waals surface area contributed by atoms with Gasteiger partial charge in [0.25, 0.3) is 0 Å². The third-order valence-electron chi connectivity index (χ3n) is 26.5. The molecule has 0 spiro atoms. The summed E-state index contributed by atoms with van der Waals surface area (Å²) in [5.74, 6) is -6.06. The molecule has 63 nitrogen and oxygen atoms in total. The number of carboxylic acid groups (broad SMARTS) is 1. The number of rotatable bonds is 35. The van der Waals surface area contributed by atoms with Gasteiger partial charge in [-0.3, -0.25) is 19.2 Å². The highest BCUT2D eigenvalue weighted by molar-refractivity contribution is 5.75. The molecule has 0 bridgehead atoms. The van der Waals surface area contributed by atoms with Crippen LogP contribution in [0, 0.1) is 0 Å². The number of aliphatic hydroxyl groups excluding tert-OH is 30. The number of carbonyl (C=O) groups excluding carboxylic acids is 4. The molecule has 12 fully saturated rings. The molecule has 143 heavy (non-hydrogen) atoms. The molecule has 0 saturated carbocycles. The van der Waals surface area contributed by atoms with E-state index in [-0.39, 0.29) is 0 Å². The van der Waals surface area contributed by atoms with Gasteiger partial charge in [0.1, 0.15) is 268 Å². The largest absolute Gasteiger partial charge is 0.479 e. The Hall–Kier alpha value is -4.77. The van der Waals surface area contributed by atoms with Crippen molar-refractivity contribution in [3.8, 4) is 0 Å². The first-order valence-electron chi connectivity index (χ1n) is 45.7. The zero-order valence-electron chi connectivity index (χ0n) is 77.1. The Bertz CT molecular complexity index is 4030. The van der Waals surface area contributed by atoms with Crippen LogP contribution >= 0.6 is 0 Å². The van der Waals surface area contributed by atoms with Gasteiger partial charge in [0.05, 0.1) is 71.2 Å². The fourth-order valence-electron chi connectivity index (χ4n) is 18.6. The molecule has 12 aliphatic heterocycles. The van der Waals surface area contributed by atoms with Crippen LogP contribution in [0.2, 0.25) is 0 Å². The van der Waals surface area contributed by atoms with Crippen molar-refractivity contribution in [2.45, 2.75) is 417 Å². The second kappa shape index (κ2) is 50.2. The van der Waals surface area contributed by atoms with E-state index < -0.39 is 451 Å². The quantitative estimate of drug-likeness (QED) is 0.0280. The Morgan fingerprint density at radius 2 is 0.497 bits per heavy atom. The van der Waals surface area contributed by atoms with Gasteiger partial charge >= 0.3 is 5.97 Å². The molecule has 0 aromatic heterocycles. The molecular formula is C80H132N4O59. The van der Waals surface area contributed by atoms with E-state index in [1.54, 1.807) is 0 Å². The molecule has 0 aromatic carbocycles. The zero-order chi connectivity index (χ0) is 105. The van der Waals surface area contributed by atoms with Crippen LogP contribution in [0.1, 0.15) is 48.5 Å². The Labute approximate surface area is 809 Å². The fourth-order valence-corrected chi connectivity index (χ4v) is 18.6. The molecule has 0 radical (unpaired) electrons. The Kier molecular flexibility index (Phi) is 41.0. The van der Waals surface area contributed by atoms with Crippen molar-refractivity contribution < 1.29 is 291 Å². The van der Waals surface area contributed by atoms with Gasteiger partial charge in [-0.1, -0.05) is 0 Å². The van der Waals surface area contributed by atoms with Gasteiger partial charge in [-0.2, -0.15) is 0 Å². The summed E-state index contributed by atoms with van der Waals surface area (Å²) in [5.41, 5.74) is 0. The number of nitrogens with one attached hydrogen (secondary N) is 4. The topological polar surface area (TPSA) is 973 Å². The molecule has 12 heterocycles. The molecular weight excluding hydrogens is 1960 g/mol. The summed E-state index contributed by atoms with van der Waals surface area (Å²) in [6.45, 7) is -2.36. The molecule has 12 aliphatic rings. The molecule has 0 aliphatic carbocycles. The Morgan fingerprint density at radius 1 is 0.217 bits per heavy atom. The minimum Gasteiger partial charge on any atom is -0.479 e. The van der Waals surface area contributed by atoms with E-state index in [0.717, 1.165) is 27.7 Å². The predicted octanol–water partition coefficient (Wildman–Crippen LogP) is -23.4. The minimum absolute atomic E-state index is 0.847. The highest BCUT2D eigenvalue weighted by atomic mass is 16.8. The number of hydrogen-bond acceptors (Lipinski definition) is 58. The smallest absolute Gasteiger partial charge is 0.335 e. The van der Waals surface area contributed by atoms with E-state index in [1.807, 2.05) is 0 Å². The van der Waals surface area contributed by atoms with E-state index >= 15 is 0 Å². The maximum absolute atomic E-state index is 14.0. The molecule has 4 amide bonds. The second-order valence-electron chi connectivity index (χ2n) is 36.6. The van der Waals surface area contributed by atoms with Crippen molar-refractivity contribution in [1.82, 2.24) is 21.3 Å². The first-order valence-corrected chi connectivity index (χ1v) is 45.7. The summed E-state index contributed by atoms with van der Waals surface area (Å²) in [5, 5.41) is 359. The van der Waals surface area contributed by atoms with E-state index in [9.17, 15) is 182 Å². The standard InChI is InChI=1S/C80H132N4O59/c1-16-35(95)44(104)51(111)73(123-16)122-15-30-60(62(32(69(120)126-30)82-20(5)92)138-75-53(113)45(105)36(96)17(2)124-75)136-70-31(81-19(4)91)43(103)58(27(12-89)131-70)134-79-57(117)65(42(102)29(133-79)14-121-74-52(112)47(107)38(98)23(8-85)128-74)141-80-67(49(109)39(99)24(9-86)130-80)143-72-34(84-22(7)94)63(139-76-54(114)46(106)37(97)18(3)125-76)59(28(13-90)132-72)135-71-33(83-21(6)93)61(40(100)25(10-87)127-71)137-78-56(116)64(41(101)26(11-88)129-78)140-77-55(115)48(108)50(110)66(142-77)68(118)119/h16-18,23-67,69-80,85-90,95-117,120H,8-15H2,1-7H3,(H,81,91)(H,82,92)(H,83,93)(H,84,94)(H,118,119)/t16-,17-,18-,23+,24+,25+,26+,27+,28+,29+,30+,31+,32+,33+,34+,35+,36+,37+,38+,39+,40-,41-,42+,43+,44+,45+,46+,47-,48-,49-,50-,51-,52-,53-,54-,55+,56+,57-,58+,59+,60+,61+,62+,63+,64-,65-,66-,67-,69+,70-,71-,72-,73+,74-,75-,76-,77+,78-,79-,80+/m0/s1. The normalized spacial score (nSPS) is 50.6. The molecule has 826 valence electrons. The number of aliphatic carboxylic acids is 1. The Balaban J connectivity index is 0.882. The van der Waals surface area contributed by atoms with Crippen molar-refractivity contribution in [1.29, 1.82) is 0 Å². The van der Waals surface area contributed by atoms with Crippen molar-refractivity contribution in [2.75, 3.05) is 52.9 Å². The SMILES string of the molecule is CC(=O)N[C@@H]1[C@@H](O[C@@H]2O[C@@H](C)[C@@H](O)[C@@H](O)[C@@H]2O)[C@H](O[C@@H]2O[C@H](CO)[C@@H](O[C@@H]3O[C@H](CO[C@H]4O[C@H](CO)[C@@H](O)[C@H](O)[C@@H]4O)[C@@H](O)[C@H](O[C@H]4O[C@H](CO)[C@@H](O)[C@H](O)[C@@H]4O[C@@H]4O[C@H](CO)[C@@H](O[C@@H]5O[C@H](CO)[C@H](O)[C@H](O[C@@H]6O[C@H](CO)[C@H](O)[C@H](O[C@@H]7O[C@H](C(=O)O)[C@@H](O)[C@H](O)[C@H]7O)[C@H]6O)[C@H]5NC(C)=O)[C@H](O[C@@H]5O[C@@H](C)[C@@H](O)[C@@H](O)[C@@H]5O)[C@H]4NC(C)=O)[C@@H]3O)[C@H](O)[C@H]2NC(C)=O)[C@@H](CO[C@@H]2O[C@@H](C)[C@@H](O)[C@@H](O)[C@@H]2O)O[C@H]1O. The summed E-state index contributed by atoms with van der Waals surface area (Å²) in [6.07, 6.45) is -121. The zero-order valence-corrected chi connectivity index (χ0v) is 77.1. The van der Waals surface area contributed by atoms with Crippen molar-refractivity contribution in [3.63, 3.8) is 0 Å². The summed E-state index contributed by atoms with van der Waals surface area (Å²) >= 11 is 0. The van der Waals surface area contributed by atoms with Gasteiger partial charge in [0.15, 0.2) is 81.6 Å². The molecule has 0 unspecified atom stereocenters. The molecule has 35 N–H and O–H groups in total. The lowest BCUT2D eigenvalue weighted by Gasteiger charge is -2.53. The number of carboxylic acids is 1. The summed E-state index contributed by atoms with van der Waals surface area (Å²) < 4.78 is 139. The van der Waals surface area contributed by atoms with E-state index in [0.29, 0.717) is 0 Å². The second-order valence-corrected chi connectivity index (χ2v) is 36.6. The lowest BCUT2D eigenvalue weighted by molar-refractivity contribution is -0.403. The van der Waals surface area contributed by atoms with Crippen LogP contribution < -0.4 is 21.3 Å². The third-order valence-corrected chi connectivity index (χ3v) is 26.5. The molecule has 63 heteroatoms. The highest BCUT2D eigenvalue weighted by Gasteiger charge is 2.64. The number of amides is 4. The maximum Gasteiger partial charge on any atom is 0.335 e. The van der Waals surface area contributed by atoms with Crippen molar-refractivity contribution in [2.24, 2.45) is 0 Å². The lowest BCUT2D eigenvalue weighted by Crippen LogP contribution is -2.72. The molecule has 60 atom stereocenters. The van der Waals surface area contributed by atoms with Crippen LogP contribution in [0.3, 0.4) is 0 Å². The van der Waals surface area contributed by atoms with E-state index in [4.69, 9.17) is 109 Å². The van der Waals surface area contributed by atoms with E-state index in [2.05, 4.69) is 21.3 Å². The molecule has 12 rings (SSSR count). The van der Waals surface area contributed by atoms with Gasteiger partial charge in [-0.05, 0) is 20.8 Å². The van der Waals surface area contributed by atoms with Gasteiger partial charge < -0.3 is 289 Å². The molecule has 12 saturated heterocycles. The first-order chi connectivity index (χ1) is 67.4. The maximum atomic E-state index is 14.0. The average Bonchev–Trinajstić information content (AvgIpc) is 0.768. The monoisotopic (exact) mass is 2090 g/mol. The summed E-state index contributed by atoms with van der Waals surface area (Å²) in [4.78, 5) is 66.2. The van der Waals surface area contributed by atoms with Gasteiger partial charge in [0.2, 0.25) is 23.6 Å². The predicted molar refractivity (Wildman–Crippen MR) is 438 cm³/mol. The number of hydrogen-bond donors (Lipinski definition) is 35. The lowest BCUT2D eigenvalue weighted by atomic mass is 9.93. The fraction of sp³-hybridized carbons (Fsp3) is 0.938. The van der Waals surface area contributed by atoms with Crippen LogP contribution in [0.5, 0.6) is 0 Å². The van der Waals surface area contributed by atoms with Crippen LogP contribution in [0.25, 0.3) is 0 Å². The molecule has 0 aromatic rings. The first kappa shape index (κ1) is 117. The number of ether oxygens (including phenoxy) is 23. The van der Waals surface area contributed by atoms with Gasteiger partial charge in [0, 0.05) is 27.7 Å². The highest BCUT2D eigenvalue weighted by Crippen LogP contribution is 2.43. The van der Waals surface area contributed by atoms with Crippen molar-refractivity contribution in [3.05, 3.63) is 0 Å². The third kappa shape index (κ3) is 25.6. The average molecular weight is 2090 g/mol. The van der Waals surface area contributed by atoms with Gasteiger partial charge in [-0.15, -0.1) is 0 Å². The van der Waals surface area contributed by atoms with Crippen LogP contribution in [-0.4, -0.2) is 609 Å². The van der Waals surface area contributed by atoms with E-state index in [1.165, 1.54) is 20.8 Å². The van der Waals surface area contributed by atoms with Crippen LogP contribution in [-0.2, 0) is 133 Å². The summed E-state index contributed by atoms with van der Waals surface area (Å²) in [6, 6.07) is -8.36. The number of aliphatic hydroxyl groups is 30.